The van der Waals surface area contributed by atoms with Crippen molar-refractivity contribution in [2.75, 3.05) is 6.54 Å². The fourth-order valence-corrected chi connectivity index (χ4v) is 1.60. The summed E-state index contributed by atoms with van der Waals surface area (Å²) in [5.41, 5.74) is 7.17. The van der Waals surface area contributed by atoms with Gasteiger partial charge in [-0.3, -0.25) is 4.79 Å². The van der Waals surface area contributed by atoms with Gasteiger partial charge in [0.25, 0.3) is 0 Å². The lowest BCUT2D eigenvalue weighted by Crippen LogP contribution is -2.32. The lowest BCUT2D eigenvalue weighted by Gasteiger charge is -2.07. The summed E-state index contributed by atoms with van der Waals surface area (Å²) in [6, 6.07) is 11.6. The predicted octanol–water partition coefficient (Wildman–Crippen LogP) is 1.55. The Balaban J connectivity index is 1.97. The summed E-state index contributed by atoms with van der Waals surface area (Å²) in [6.07, 6.45) is 0. The van der Waals surface area contributed by atoms with Crippen LogP contribution in [0.5, 0.6) is 0 Å². The van der Waals surface area contributed by atoms with Gasteiger partial charge >= 0.3 is 0 Å². The molecule has 3 N–H and O–H groups in total. The van der Waals surface area contributed by atoms with Crippen molar-refractivity contribution < 1.29 is 9.32 Å². The summed E-state index contributed by atoms with van der Waals surface area (Å²) < 4.78 is 5.19. The molecule has 19 heavy (non-hydrogen) atoms. The van der Waals surface area contributed by atoms with E-state index in [0.717, 1.165) is 11.3 Å². The number of hydrogen-bond donors (Lipinski definition) is 2. The molecule has 0 saturated carbocycles. The van der Waals surface area contributed by atoms with E-state index < -0.39 is 0 Å². The minimum Gasteiger partial charge on any atom is -0.359 e. The molecule has 0 bridgehead atoms. The number of hydrogen-bond acceptors (Lipinski definition) is 4. The zero-order valence-corrected chi connectivity index (χ0v) is 10.8. The molecule has 0 saturated heterocycles. The standard InChI is InChI=1S/C14H17N3O2/c1-10(8-15)14(18)16-9-12-7-13(17-19-12)11-5-3-2-4-6-11/h2-7,10H,8-9,15H2,1H3,(H,16,18). The van der Waals surface area contributed by atoms with E-state index in [2.05, 4.69) is 10.5 Å². The molecule has 0 aliphatic carbocycles. The van der Waals surface area contributed by atoms with Crippen LogP contribution in [0.15, 0.2) is 40.9 Å². The maximum Gasteiger partial charge on any atom is 0.224 e. The number of aromatic nitrogens is 1. The van der Waals surface area contributed by atoms with Crippen molar-refractivity contribution in [1.29, 1.82) is 0 Å². The molecule has 0 spiro atoms. The van der Waals surface area contributed by atoms with Crippen molar-refractivity contribution in [2.45, 2.75) is 13.5 Å². The van der Waals surface area contributed by atoms with Crippen LogP contribution in [0, 0.1) is 5.92 Å². The summed E-state index contributed by atoms with van der Waals surface area (Å²) in [7, 11) is 0. The zero-order chi connectivity index (χ0) is 13.7. The number of nitrogens with two attached hydrogens (primary N) is 1. The van der Waals surface area contributed by atoms with Crippen LogP contribution in [0.3, 0.4) is 0 Å². The third-order valence-corrected chi connectivity index (χ3v) is 2.87. The molecule has 0 fully saturated rings. The Morgan fingerprint density at radius 1 is 1.42 bits per heavy atom. The van der Waals surface area contributed by atoms with Crippen LogP contribution >= 0.6 is 0 Å². The fourth-order valence-electron chi connectivity index (χ4n) is 1.60. The molecule has 5 heteroatoms. The summed E-state index contributed by atoms with van der Waals surface area (Å²) in [6.45, 7) is 2.44. The number of benzene rings is 1. The third kappa shape index (κ3) is 3.42. The van der Waals surface area contributed by atoms with E-state index in [4.69, 9.17) is 10.3 Å². The Hall–Kier alpha value is -2.14. The molecule has 1 heterocycles. The molecule has 1 aromatic carbocycles. The minimum absolute atomic E-state index is 0.0832. The first-order valence-electron chi connectivity index (χ1n) is 6.19. The highest BCUT2D eigenvalue weighted by Gasteiger charge is 2.12. The summed E-state index contributed by atoms with van der Waals surface area (Å²) >= 11 is 0. The van der Waals surface area contributed by atoms with Gasteiger partial charge in [0.2, 0.25) is 5.91 Å². The number of carbonyl (C=O) groups excluding carboxylic acids is 1. The predicted molar refractivity (Wildman–Crippen MR) is 72.0 cm³/mol. The molecule has 1 aromatic heterocycles. The summed E-state index contributed by atoms with van der Waals surface area (Å²) in [5, 5.41) is 6.74. The number of amides is 1. The zero-order valence-electron chi connectivity index (χ0n) is 10.8. The largest absolute Gasteiger partial charge is 0.359 e. The number of carbonyl (C=O) groups is 1. The Morgan fingerprint density at radius 3 is 2.84 bits per heavy atom. The molecule has 1 atom stereocenters. The van der Waals surface area contributed by atoms with Crippen molar-refractivity contribution >= 4 is 5.91 Å². The smallest absolute Gasteiger partial charge is 0.224 e. The molecule has 100 valence electrons. The van der Waals surface area contributed by atoms with Crippen LogP contribution in [-0.2, 0) is 11.3 Å². The first-order chi connectivity index (χ1) is 9.20. The van der Waals surface area contributed by atoms with Gasteiger partial charge in [-0.05, 0) is 0 Å². The second kappa shape index (κ2) is 6.15. The van der Waals surface area contributed by atoms with Gasteiger partial charge in [-0.25, -0.2) is 0 Å². The molecule has 2 aromatic rings. The van der Waals surface area contributed by atoms with E-state index in [9.17, 15) is 4.79 Å². The second-order valence-corrected chi connectivity index (χ2v) is 4.40. The van der Waals surface area contributed by atoms with Crippen LogP contribution in [0.25, 0.3) is 11.3 Å². The molecular weight excluding hydrogens is 242 g/mol. The molecule has 0 aliphatic rings. The van der Waals surface area contributed by atoms with Crippen LogP contribution in [0.2, 0.25) is 0 Å². The van der Waals surface area contributed by atoms with Crippen molar-refractivity contribution in [2.24, 2.45) is 11.7 Å². The molecule has 2 rings (SSSR count). The number of rotatable bonds is 5. The van der Waals surface area contributed by atoms with Gasteiger partial charge in [0.15, 0.2) is 5.76 Å². The first kappa shape index (κ1) is 13.3. The lowest BCUT2D eigenvalue weighted by atomic mass is 10.1. The van der Waals surface area contributed by atoms with E-state index in [-0.39, 0.29) is 11.8 Å². The molecule has 0 radical (unpaired) electrons. The van der Waals surface area contributed by atoms with Crippen molar-refractivity contribution in [3.63, 3.8) is 0 Å². The minimum atomic E-state index is -0.198. The van der Waals surface area contributed by atoms with Gasteiger partial charge in [0, 0.05) is 24.1 Å². The number of nitrogens with zero attached hydrogens (tertiary/aromatic N) is 1. The molecule has 0 aliphatic heterocycles. The van der Waals surface area contributed by atoms with Crippen molar-refractivity contribution in [1.82, 2.24) is 10.5 Å². The average Bonchev–Trinajstić information content (AvgIpc) is 2.93. The Labute approximate surface area is 111 Å². The Morgan fingerprint density at radius 2 is 2.16 bits per heavy atom. The van der Waals surface area contributed by atoms with Crippen LogP contribution in [0.4, 0.5) is 0 Å². The highest BCUT2D eigenvalue weighted by Crippen LogP contribution is 2.18. The topological polar surface area (TPSA) is 81.2 Å². The van der Waals surface area contributed by atoms with E-state index in [0.29, 0.717) is 18.8 Å². The monoisotopic (exact) mass is 259 g/mol. The molecule has 1 unspecified atom stereocenters. The van der Waals surface area contributed by atoms with Crippen LogP contribution in [-0.4, -0.2) is 17.6 Å². The molecule has 1 amide bonds. The highest BCUT2D eigenvalue weighted by molar-refractivity contribution is 5.78. The van der Waals surface area contributed by atoms with E-state index in [1.54, 1.807) is 6.92 Å². The van der Waals surface area contributed by atoms with Crippen LogP contribution < -0.4 is 11.1 Å². The highest BCUT2D eigenvalue weighted by atomic mass is 16.5. The third-order valence-electron chi connectivity index (χ3n) is 2.87. The van der Waals surface area contributed by atoms with Crippen LogP contribution in [0.1, 0.15) is 12.7 Å². The average molecular weight is 259 g/mol. The van der Waals surface area contributed by atoms with Gasteiger partial charge in [-0.2, -0.15) is 0 Å². The van der Waals surface area contributed by atoms with Crippen molar-refractivity contribution in [3.05, 3.63) is 42.2 Å². The van der Waals surface area contributed by atoms with Crippen molar-refractivity contribution in [3.8, 4) is 11.3 Å². The van der Waals surface area contributed by atoms with Gasteiger partial charge in [-0.1, -0.05) is 42.4 Å². The van der Waals surface area contributed by atoms with E-state index in [1.807, 2.05) is 36.4 Å². The summed E-state index contributed by atoms with van der Waals surface area (Å²) in [5.74, 6) is 0.341. The Bertz CT molecular complexity index is 537. The van der Waals surface area contributed by atoms with Gasteiger partial charge < -0.3 is 15.6 Å². The van der Waals surface area contributed by atoms with Gasteiger partial charge in [0.05, 0.1) is 6.54 Å². The SMILES string of the molecule is CC(CN)C(=O)NCc1cc(-c2ccccc2)no1. The normalized spacial score (nSPS) is 12.1. The van der Waals surface area contributed by atoms with Gasteiger partial charge in [0.1, 0.15) is 5.69 Å². The first-order valence-corrected chi connectivity index (χ1v) is 6.19. The Kier molecular flexibility index (Phi) is 4.30. The summed E-state index contributed by atoms with van der Waals surface area (Å²) in [4.78, 5) is 11.6. The van der Waals surface area contributed by atoms with E-state index >= 15 is 0 Å². The van der Waals surface area contributed by atoms with E-state index in [1.165, 1.54) is 0 Å². The van der Waals surface area contributed by atoms with Gasteiger partial charge in [-0.15, -0.1) is 0 Å². The number of nitrogens with one attached hydrogen (secondary N) is 1. The quantitative estimate of drug-likeness (QED) is 0.853. The maximum atomic E-state index is 11.6. The molecule has 5 nitrogen and oxygen atoms in total. The fraction of sp³-hybridized carbons (Fsp3) is 0.286. The maximum absolute atomic E-state index is 11.6. The molecular formula is C14H17N3O2. The lowest BCUT2D eigenvalue weighted by molar-refractivity contribution is -0.124. The second-order valence-electron chi connectivity index (χ2n) is 4.40.